The van der Waals surface area contributed by atoms with Crippen LogP contribution in [-0.2, 0) is 6.42 Å². The molecule has 0 aliphatic rings. The van der Waals surface area contributed by atoms with E-state index in [9.17, 15) is 0 Å². The van der Waals surface area contributed by atoms with Gasteiger partial charge in [0.25, 0.3) is 0 Å². The van der Waals surface area contributed by atoms with Crippen molar-refractivity contribution in [2.24, 2.45) is 11.7 Å². The van der Waals surface area contributed by atoms with Gasteiger partial charge in [-0.15, -0.1) is 0 Å². The van der Waals surface area contributed by atoms with Crippen molar-refractivity contribution in [2.75, 3.05) is 0 Å². The molecule has 0 fully saturated rings. The number of nitrogens with two attached hydrogens (primary N) is 1. The Hall–Kier alpha value is -0.830. The quantitative estimate of drug-likeness (QED) is 0.836. The number of hydrogen-bond donors (Lipinski definition) is 1. The number of halogens is 2. The molecule has 0 heterocycles. The maximum Gasteiger partial charge on any atom is 0.0449 e. The second-order valence-corrected chi connectivity index (χ2v) is 6.18. The molecule has 0 spiro atoms. The Bertz CT molecular complexity index is 542. The van der Waals surface area contributed by atoms with Crippen LogP contribution >= 0.6 is 27.5 Å². The van der Waals surface area contributed by atoms with Crippen LogP contribution in [-0.4, -0.2) is 0 Å². The molecule has 2 aromatic carbocycles. The van der Waals surface area contributed by atoms with Crippen LogP contribution in [0, 0.1) is 5.92 Å². The Kier molecular flexibility index (Phi) is 5.03. The predicted molar refractivity (Wildman–Crippen MR) is 85.4 cm³/mol. The highest BCUT2D eigenvalue weighted by molar-refractivity contribution is 9.10. The second-order valence-electron chi connectivity index (χ2n) is 4.85. The molecule has 0 saturated carbocycles. The lowest BCUT2D eigenvalue weighted by Crippen LogP contribution is -2.20. The summed E-state index contributed by atoms with van der Waals surface area (Å²) in [6.07, 6.45) is 0.877. The van der Waals surface area contributed by atoms with Gasteiger partial charge in [-0.05, 0) is 35.6 Å². The molecular formula is C16H17BrClN. The molecule has 2 rings (SSSR count). The van der Waals surface area contributed by atoms with Crippen molar-refractivity contribution in [1.82, 2.24) is 0 Å². The highest BCUT2D eigenvalue weighted by atomic mass is 79.9. The van der Waals surface area contributed by atoms with Crippen LogP contribution in [0.1, 0.15) is 24.1 Å². The van der Waals surface area contributed by atoms with E-state index in [1.807, 2.05) is 30.3 Å². The highest BCUT2D eigenvalue weighted by Gasteiger charge is 2.16. The van der Waals surface area contributed by atoms with Crippen molar-refractivity contribution >= 4 is 27.5 Å². The fourth-order valence-corrected chi connectivity index (χ4v) is 2.92. The first kappa shape index (κ1) is 14.6. The molecule has 0 aliphatic carbocycles. The monoisotopic (exact) mass is 337 g/mol. The third-order valence-electron chi connectivity index (χ3n) is 3.35. The summed E-state index contributed by atoms with van der Waals surface area (Å²) >= 11 is 9.67. The normalized spacial score (nSPS) is 14.1. The Labute approximate surface area is 127 Å². The van der Waals surface area contributed by atoms with E-state index >= 15 is 0 Å². The zero-order chi connectivity index (χ0) is 13.8. The van der Waals surface area contributed by atoms with Crippen LogP contribution in [0.3, 0.4) is 0 Å². The van der Waals surface area contributed by atoms with Gasteiger partial charge in [0.15, 0.2) is 0 Å². The summed E-state index contributed by atoms with van der Waals surface area (Å²) in [5, 5.41) is 0.793. The Morgan fingerprint density at radius 1 is 1.16 bits per heavy atom. The molecule has 2 atom stereocenters. The van der Waals surface area contributed by atoms with E-state index < -0.39 is 0 Å². The van der Waals surface area contributed by atoms with Crippen molar-refractivity contribution in [1.29, 1.82) is 0 Å². The summed E-state index contributed by atoms with van der Waals surface area (Å²) in [6, 6.07) is 16.2. The van der Waals surface area contributed by atoms with Crippen molar-refractivity contribution in [3.8, 4) is 0 Å². The maximum atomic E-state index is 6.31. The lowest BCUT2D eigenvalue weighted by Gasteiger charge is -2.21. The molecule has 2 unspecified atom stereocenters. The minimum absolute atomic E-state index is 0.0286. The van der Waals surface area contributed by atoms with E-state index in [2.05, 4.69) is 41.1 Å². The molecule has 100 valence electrons. The third kappa shape index (κ3) is 3.82. The zero-order valence-corrected chi connectivity index (χ0v) is 13.2. The zero-order valence-electron chi connectivity index (χ0n) is 10.8. The first-order chi connectivity index (χ1) is 9.08. The second kappa shape index (κ2) is 6.56. The molecule has 1 nitrogen and oxygen atoms in total. The summed E-state index contributed by atoms with van der Waals surface area (Å²) < 4.78 is 1.00. The summed E-state index contributed by atoms with van der Waals surface area (Å²) in [4.78, 5) is 0. The summed E-state index contributed by atoms with van der Waals surface area (Å²) in [5.74, 6) is 0.334. The molecule has 2 aromatic rings. The van der Waals surface area contributed by atoms with Gasteiger partial charge in [-0.1, -0.05) is 70.9 Å². The van der Waals surface area contributed by atoms with Gasteiger partial charge in [0.05, 0.1) is 0 Å². The van der Waals surface area contributed by atoms with E-state index in [1.165, 1.54) is 5.56 Å². The first-order valence-electron chi connectivity index (χ1n) is 6.32. The number of hydrogen-bond acceptors (Lipinski definition) is 1. The van der Waals surface area contributed by atoms with Gasteiger partial charge in [-0.3, -0.25) is 0 Å². The standard InChI is InChI=1S/C16H17BrClN/c1-11(16(19)12-5-3-2-4-6-12)9-13-7-8-14(17)10-15(13)18/h2-8,10-11,16H,9,19H2,1H3. The van der Waals surface area contributed by atoms with E-state index in [1.54, 1.807) is 0 Å². The molecule has 0 radical (unpaired) electrons. The lowest BCUT2D eigenvalue weighted by molar-refractivity contribution is 0.468. The first-order valence-corrected chi connectivity index (χ1v) is 7.49. The predicted octanol–water partition coefficient (Wildman–Crippen LogP) is 4.98. The molecule has 0 bridgehead atoms. The molecular weight excluding hydrogens is 322 g/mol. The van der Waals surface area contributed by atoms with E-state index in [0.29, 0.717) is 5.92 Å². The van der Waals surface area contributed by atoms with Gasteiger partial charge in [-0.2, -0.15) is 0 Å². The number of benzene rings is 2. The molecule has 0 aromatic heterocycles. The van der Waals surface area contributed by atoms with Crippen molar-refractivity contribution in [2.45, 2.75) is 19.4 Å². The van der Waals surface area contributed by atoms with Crippen LogP contribution < -0.4 is 5.73 Å². The fourth-order valence-electron chi connectivity index (χ4n) is 2.16. The molecule has 19 heavy (non-hydrogen) atoms. The Balaban J connectivity index is 2.10. The van der Waals surface area contributed by atoms with Crippen molar-refractivity contribution in [3.05, 3.63) is 69.2 Å². The highest BCUT2D eigenvalue weighted by Crippen LogP contribution is 2.27. The molecule has 2 N–H and O–H groups in total. The minimum Gasteiger partial charge on any atom is -0.324 e. The van der Waals surface area contributed by atoms with E-state index in [0.717, 1.165) is 21.5 Å². The molecule has 0 aliphatic heterocycles. The van der Waals surface area contributed by atoms with Crippen LogP contribution in [0.5, 0.6) is 0 Å². The van der Waals surface area contributed by atoms with Gasteiger partial charge in [0.2, 0.25) is 0 Å². The molecule has 3 heteroatoms. The molecule has 0 saturated heterocycles. The van der Waals surface area contributed by atoms with Gasteiger partial charge in [0.1, 0.15) is 0 Å². The average molecular weight is 339 g/mol. The Morgan fingerprint density at radius 3 is 2.47 bits per heavy atom. The van der Waals surface area contributed by atoms with E-state index in [4.69, 9.17) is 17.3 Å². The SMILES string of the molecule is CC(Cc1ccc(Br)cc1Cl)C(N)c1ccccc1. The van der Waals surface area contributed by atoms with Crippen molar-refractivity contribution < 1.29 is 0 Å². The van der Waals surface area contributed by atoms with E-state index in [-0.39, 0.29) is 6.04 Å². The minimum atomic E-state index is 0.0286. The van der Waals surface area contributed by atoms with Gasteiger partial charge < -0.3 is 5.73 Å². The van der Waals surface area contributed by atoms with Gasteiger partial charge >= 0.3 is 0 Å². The summed E-state index contributed by atoms with van der Waals surface area (Å²) in [7, 11) is 0. The third-order valence-corrected chi connectivity index (χ3v) is 4.20. The smallest absolute Gasteiger partial charge is 0.0449 e. The fraction of sp³-hybridized carbons (Fsp3) is 0.250. The molecule has 0 amide bonds. The van der Waals surface area contributed by atoms with Gasteiger partial charge in [-0.25, -0.2) is 0 Å². The average Bonchev–Trinajstić information content (AvgIpc) is 2.42. The van der Waals surface area contributed by atoms with Crippen molar-refractivity contribution in [3.63, 3.8) is 0 Å². The van der Waals surface area contributed by atoms with Crippen LogP contribution in [0.2, 0.25) is 5.02 Å². The Morgan fingerprint density at radius 2 is 1.84 bits per heavy atom. The lowest BCUT2D eigenvalue weighted by atomic mass is 9.90. The maximum absolute atomic E-state index is 6.31. The van der Waals surface area contributed by atoms with Crippen LogP contribution in [0.4, 0.5) is 0 Å². The number of rotatable bonds is 4. The van der Waals surface area contributed by atoms with Gasteiger partial charge in [0, 0.05) is 15.5 Å². The topological polar surface area (TPSA) is 26.0 Å². The largest absolute Gasteiger partial charge is 0.324 e. The van der Waals surface area contributed by atoms with Crippen LogP contribution in [0.15, 0.2) is 53.0 Å². The summed E-state index contributed by atoms with van der Waals surface area (Å²) in [6.45, 7) is 2.16. The van der Waals surface area contributed by atoms with Crippen LogP contribution in [0.25, 0.3) is 0 Å². The summed E-state index contributed by atoms with van der Waals surface area (Å²) in [5.41, 5.74) is 8.63.